The van der Waals surface area contributed by atoms with Crippen molar-refractivity contribution in [2.75, 3.05) is 13.1 Å². The molecule has 1 aliphatic rings. The fourth-order valence-electron chi connectivity index (χ4n) is 2.46. The lowest BCUT2D eigenvalue weighted by molar-refractivity contribution is -0.00202. The molecule has 0 radical (unpaired) electrons. The lowest BCUT2D eigenvalue weighted by Gasteiger charge is -2.39. The summed E-state index contributed by atoms with van der Waals surface area (Å²) in [6.45, 7) is 9.32. The molecule has 0 aliphatic carbocycles. The third-order valence-corrected chi connectivity index (χ3v) is 4.10. The van der Waals surface area contributed by atoms with Crippen molar-refractivity contribution in [3.8, 4) is 0 Å². The van der Waals surface area contributed by atoms with Crippen molar-refractivity contribution in [3.63, 3.8) is 0 Å². The molecule has 2 rings (SSSR count). The highest BCUT2D eigenvalue weighted by molar-refractivity contribution is 6.31. The van der Waals surface area contributed by atoms with Gasteiger partial charge in [-0.1, -0.05) is 23.7 Å². The molecule has 1 amide bonds. The molecule has 0 saturated carbocycles. The zero-order valence-electron chi connectivity index (χ0n) is 13.3. The Labute approximate surface area is 132 Å². The molecule has 1 fully saturated rings. The van der Waals surface area contributed by atoms with Gasteiger partial charge in [-0.3, -0.25) is 0 Å². The first-order valence-electron chi connectivity index (χ1n) is 7.47. The summed E-state index contributed by atoms with van der Waals surface area (Å²) >= 11 is 6.03. The van der Waals surface area contributed by atoms with Crippen LogP contribution in [0.2, 0.25) is 5.02 Å². The van der Waals surface area contributed by atoms with Gasteiger partial charge in [-0.2, -0.15) is 0 Å². The Morgan fingerprint density at radius 2 is 2.05 bits per heavy atom. The van der Waals surface area contributed by atoms with Crippen LogP contribution >= 0.6 is 11.6 Å². The van der Waals surface area contributed by atoms with E-state index in [0.29, 0.717) is 5.92 Å². The van der Waals surface area contributed by atoms with E-state index in [1.165, 1.54) is 5.56 Å². The second-order valence-electron chi connectivity index (χ2n) is 6.87. The number of nitrogens with zero attached hydrogens (tertiary/aromatic N) is 1. The van der Waals surface area contributed by atoms with Crippen LogP contribution in [0.25, 0.3) is 0 Å². The number of benzene rings is 1. The molecular formula is C17H24ClNO2. The van der Waals surface area contributed by atoms with Crippen LogP contribution in [0.15, 0.2) is 18.2 Å². The van der Waals surface area contributed by atoms with E-state index in [0.717, 1.165) is 36.5 Å². The zero-order chi connectivity index (χ0) is 15.6. The van der Waals surface area contributed by atoms with Crippen LogP contribution in [0.5, 0.6) is 0 Å². The average Bonchev–Trinajstić information content (AvgIpc) is 2.29. The summed E-state index contributed by atoms with van der Waals surface area (Å²) in [6.07, 6.45) is 1.94. The molecule has 0 atom stereocenters. The summed E-state index contributed by atoms with van der Waals surface area (Å²) in [5, 5.41) is 0.818. The molecule has 1 aromatic rings. The maximum atomic E-state index is 11.8. The van der Waals surface area contributed by atoms with E-state index in [9.17, 15) is 4.79 Å². The normalized spacial score (nSPS) is 15.8. The Balaban J connectivity index is 1.73. The SMILES string of the molecule is Cc1cc(CCC2CN(C(=O)OC(C)(C)C)C2)ccc1Cl. The number of amides is 1. The van der Waals surface area contributed by atoms with Gasteiger partial charge in [0.15, 0.2) is 0 Å². The Morgan fingerprint density at radius 1 is 1.38 bits per heavy atom. The largest absolute Gasteiger partial charge is 0.444 e. The van der Waals surface area contributed by atoms with Crippen LogP contribution < -0.4 is 0 Å². The van der Waals surface area contributed by atoms with Gasteiger partial charge in [-0.15, -0.1) is 0 Å². The summed E-state index contributed by atoms with van der Waals surface area (Å²) in [4.78, 5) is 13.6. The molecular weight excluding hydrogens is 286 g/mol. The molecule has 3 nitrogen and oxygen atoms in total. The Hall–Kier alpha value is -1.22. The van der Waals surface area contributed by atoms with Crippen molar-refractivity contribution in [3.05, 3.63) is 34.3 Å². The highest BCUT2D eigenvalue weighted by Crippen LogP contribution is 2.24. The summed E-state index contributed by atoms with van der Waals surface area (Å²) in [5.74, 6) is 0.577. The predicted octanol–water partition coefficient (Wildman–Crippen LogP) is 4.45. The highest BCUT2D eigenvalue weighted by atomic mass is 35.5. The average molecular weight is 310 g/mol. The standard InChI is InChI=1S/C17H24ClNO2/c1-12-9-13(7-8-15(12)18)5-6-14-10-19(11-14)16(20)21-17(2,3)4/h7-9,14H,5-6,10-11H2,1-4H3. The van der Waals surface area contributed by atoms with Crippen LogP contribution in [0.3, 0.4) is 0 Å². The minimum atomic E-state index is -0.414. The van der Waals surface area contributed by atoms with E-state index in [2.05, 4.69) is 12.1 Å². The molecule has 0 bridgehead atoms. The molecule has 116 valence electrons. The minimum absolute atomic E-state index is 0.193. The first kappa shape index (κ1) is 16.2. The Morgan fingerprint density at radius 3 is 2.62 bits per heavy atom. The van der Waals surface area contributed by atoms with E-state index in [4.69, 9.17) is 16.3 Å². The first-order chi connectivity index (χ1) is 9.74. The van der Waals surface area contributed by atoms with Gasteiger partial charge in [0, 0.05) is 18.1 Å². The van der Waals surface area contributed by atoms with Crippen molar-refractivity contribution in [1.82, 2.24) is 4.90 Å². The molecule has 0 spiro atoms. The topological polar surface area (TPSA) is 29.5 Å². The summed E-state index contributed by atoms with van der Waals surface area (Å²) in [7, 11) is 0. The third-order valence-electron chi connectivity index (χ3n) is 3.67. The molecule has 4 heteroatoms. The third kappa shape index (κ3) is 4.63. The van der Waals surface area contributed by atoms with Crippen LogP contribution in [-0.4, -0.2) is 29.7 Å². The van der Waals surface area contributed by atoms with E-state index in [1.54, 1.807) is 4.90 Å². The van der Waals surface area contributed by atoms with Gasteiger partial charge < -0.3 is 9.64 Å². The van der Waals surface area contributed by atoms with Gasteiger partial charge in [0.1, 0.15) is 5.60 Å². The van der Waals surface area contributed by atoms with Crippen LogP contribution in [0.4, 0.5) is 4.79 Å². The van der Waals surface area contributed by atoms with Gasteiger partial charge in [-0.25, -0.2) is 4.79 Å². The maximum absolute atomic E-state index is 11.8. The maximum Gasteiger partial charge on any atom is 0.410 e. The molecule has 0 unspecified atom stereocenters. The van der Waals surface area contributed by atoms with Crippen molar-refractivity contribution >= 4 is 17.7 Å². The van der Waals surface area contributed by atoms with Gasteiger partial charge in [0.2, 0.25) is 0 Å². The number of likely N-dealkylation sites (tertiary alicyclic amines) is 1. The smallest absolute Gasteiger partial charge is 0.410 e. The number of carbonyl (C=O) groups is 1. The first-order valence-corrected chi connectivity index (χ1v) is 7.85. The van der Waals surface area contributed by atoms with E-state index in [-0.39, 0.29) is 6.09 Å². The fraction of sp³-hybridized carbons (Fsp3) is 0.588. The molecule has 21 heavy (non-hydrogen) atoms. The molecule has 1 aliphatic heterocycles. The number of halogens is 1. The van der Waals surface area contributed by atoms with Gasteiger partial charge in [-0.05, 0) is 63.6 Å². The van der Waals surface area contributed by atoms with Crippen molar-refractivity contribution < 1.29 is 9.53 Å². The number of hydrogen-bond acceptors (Lipinski definition) is 2. The molecule has 0 N–H and O–H groups in total. The quantitative estimate of drug-likeness (QED) is 0.825. The van der Waals surface area contributed by atoms with Crippen LogP contribution in [0, 0.1) is 12.8 Å². The highest BCUT2D eigenvalue weighted by Gasteiger charge is 2.33. The summed E-state index contributed by atoms with van der Waals surface area (Å²) < 4.78 is 5.35. The number of aryl methyl sites for hydroxylation is 2. The van der Waals surface area contributed by atoms with Crippen molar-refractivity contribution in [2.45, 2.75) is 46.1 Å². The fourth-order valence-corrected chi connectivity index (χ4v) is 2.58. The van der Waals surface area contributed by atoms with Gasteiger partial charge in [0.05, 0.1) is 0 Å². The van der Waals surface area contributed by atoms with Crippen molar-refractivity contribution in [2.24, 2.45) is 5.92 Å². The lowest BCUT2D eigenvalue weighted by atomic mass is 9.92. The number of ether oxygens (including phenoxy) is 1. The zero-order valence-corrected chi connectivity index (χ0v) is 14.0. The van der Waals surface area contributed by atoms with Gasteiger partial charge >= 0.3 is 6.09 Å². The molecule has 1 aromatic carbocycles. The van der Waals surface area contributed by atoms with Gasteiger partial charge in [0.25, 0.3) is 0 Å². The van der Waals surface area contributed by atoms with Crippen molar-refractivity contribution in [1.29, 1.82) is 0 Å². The summed E-state index contributed by atoms with van der Waals surface area (Å²) in [6, 6.07) is 6.19. The Kier molecular flexibility index (Phi) is 4.82. The number of carbonyl (C=O) groups excluding carboxylic acids is 1. The number of hydrogen-bond donors (Lipinski definition) is 0. The molecule has 0 aromatic heterocycles. The van der Waals surface area contributed by atoms with E-state index < -0.39 is 5.60 Å². The minimum Gasteiger partial charge on any atom is -0.444 e. The van der Waals surface area contributed by atoms with E-state index >= 15 is 0 Å². The van der Waals surface area contributed by atoms with Crippen LogP contribution in [-0.2, 0) is 11.2 Å². The summed E-state index contributed by atoms with van der Waals surface area (Å²) in [5.41, 5.74) is 2.02. The predicted molar refractivity (Wildman–Crippen MR) is 85.8 cm³/mol. The second-order valence-corrected chi connectivity index (χ2v) is 7.28. The molecule has 1 saturated heterocycles. The molecule has 1 heterocycles. The number of rotatable bonds is 3. The monoisotopic (exact) mass is 309 g/mol. The second kappa shape index (κ2) is 6.27. The van der Waals surface area contributed by atoms with E-state index in [1.807, 2.05) is 33.8 Å². The Bertz CT molecular complexity index is 516. The van der Waals surface area contributed by atoms with Crippen LogP contribution in [0.1, 0.15) is 38.3 Å². The lowest BCUT2D eigenvalue weighted by Crippen LogP contribution is -2.51.